The average Bonchev–Trinajstić information content (AvgIpc) is 3.04. The van der Waals surface area contributed by atoms with Gasteiger partial charge in [0.15, 0.2) is 0 Å². The van der Waals surface area contributed by atoms with Gasteiger partial charge < -0.3 is 5.32 Å². The molecule has 1 atom stereocenters. The number of rotatable bonds is 8. The van der Waals surface area contributed by atoms with Crippen molar-refractivity contribution in [2.24, 2.45) is 0 Å². The molecule has 0 aromatic heterocycles. The van der Waals surface area contributed by atoms with Crippen LogP contribution < -0.4 is 5.32 Å². The Kier molecular flexibility index (Phi) is 6.58. The summed E-state index contributed by atoms with van der Waals surface area (Å²) < 4.78 is 27.4. The number of hydrogen-bond donors (Lipinski definition) is 1. The van der Waals surface area contributed by atoms with E-state index in [1.807, 2.05) is 0 Å². The minimum Gasteiger partial charge on any atom is -0.349 e. The van der Waals surface area contributed by atoms with Gasteiger partial charge in [-0.1, -0.05) is 36.4 Å². The van der Waals surface area contributed by atoms with Crippen molar-refractivity contribution in [1.29, 1.82) is 0 Å². The molecule has 1 unspecified atom stereocenters. The molecule has 4 rings (SSSR count). The lowest BCUT2D eigenvalue weighted by atomic mass is 9.98. The van der Waals surface area contributed by atoms with Crippen LogP contribution in [0.15, 0.2) is 72.8 Å². The number of fused-ring (bicyclic) bond motifs is 1. The van der Waals surface area contributed by atoms with Crippen LogP contribution in [0.25, 0.3) is 0 Å². The number of benzene rings is 3. The molecule has 33 heavy (non-hydrogen) atoms. The zero-order chi connectivity index (χ0) is 23.4. The standard InChI is InChI=1S/C26H22F2N2O3/c27-19-8-3-6-17(14-19)15-23(18-7-4-9-20(28)16-18)29-24(31)12-5-13-30-25(32)21-10-1-2-11-22(21)26(30)33/h1-4,6-11,14,16,23H,5,12-13,15H2,(H,29,31). The summed E-state index contributed by atoms with van der Waals surface area (Å²) in [6, 6.07) is 18.0. The fourth-order valence-electron chi connectivity index (χ4n) is 3.98. The van der Waals surface area contributed by atoms with Crippen molar-refractivity contribution in [1.82, 2.24) is 10.2 Å². The third kappa shape index (κ3) is 5.14. The Bertz CT molecular complexity index is 1180. The zero-order valence-corrected chi connectivity index (χ0v) is 17.8. The van der Waals surface area contributed by atoms with Gasteiger partial charge in [0, 0.05) is 13.0 Å². The molecule has 7 heteroatoms. The van der Waals surface area contributed by atoms with Crippen molar-refractivity contribution >= 4 is 17.7 Å². The predicted octanol–water partition coefficient (Wildman–Crippen LogP) is 4.44. The average molecular weight is 448 g/mol. The number of nitrogens with zero attached hydrogens (tertiary/aromatic N) is 1. The first-order valence-electron chi connectivity index (χ1n) is 10.7. The lowest BCUT2D eigenvalue weighted by Crippen LogP contribution is -2.33. The number of halogens is 2. The second-order valence-corrected chi connectivity index (χ2v) is 7.92. The lowest BCUT2D eigenvalue weighted by molar-refractivity contribution is -0.122. The molecule has 3 aromatic rings. The molecule has 0 fully saturated rings. The number of hydrogen-bond acceptors (Lipinski definition) is 3. The molecular formula is C26H22F2N2O3. The van der Waals surface area contributed by atoms with E-state index >= 15 is 0 Å². The van der Waals surface area contributed by atoms with E-state index in [0.717, 1.165) is 4.90 Å². The van der Waals surface area contributed by atoms with E-state index in [0.29, 0.717) is 22.3 Å². The van der Waals surface area contributed by atoms with Crippen LogP contribution >= 0.6 is 0 Å². The van der Waals surface area contributed by atoms with Crippen LogP contribution in [0.2, 0.25) is 0 Å². The molecule has 0 spiro atoms. The van der Waals surface area contributed by atoms with Crippen LogP contribution in [0.5, 0.6) is 0 Å². The van der Waals surface area contributed by atoms with Crippen molar-refractivity contribution in [2.75, 3.05) is 6.54 Å². The van der Waals surface area contributed by atoms with Gasteiger partial charge in [-0.2, -0.15) is 0 Å². The summed E-state index contributed by atoms with van der Waals surface area (Å²) in [6.45, 7) is 0.119. The van der Waals surface area contributed by atoms with E-state index < -0.39 is 17.7 Å². The van der Waals surface area contributed by atoms with Gasteiger partial charge in [-0.05, 0) is 60.4 Å². The molecule has 0 bridgehead atoms. The van der Waals surface area contributed by atoms with Gasteiger partial charge in [-0.3, -0.25) is 19.3 Å². The monoisotopic (exact) mass is 448 g/mol. The summed E-state index contributed by atoms with van der Waals surface area (Å²) in [6.07, 6.45) is 0.640. The van der Waals surface area contributed by atoms with Crippen LogP contribution in [-0.4, -0.2) is 29.2 Å². The summed E-state index contributed by atoms with van der Waals surface area (Å²) in [5, 5.41) is 2.88. The highest BCUT2D eigenvalue weighted by Gasteiger charge is 2.34. The number of amides is 3. The molecule has 1 aliphatic rings. The summed E-state index contributed by atoms with van der Waals surface area (Å²) in [5.41, 5.74) is 1.96. The Labute approximate surface area is 190 Å². The fourth-order valence-corrected chi connectivity index (χ4v) is 3.98. The third-order valence-corrected chi connectivity index (χ3v) is 5.58. The van der Waals surface area contributed by atoms with E-state index in [2.05, 4.69) is 5.32 Å². The van der Waals surface area contributed by atoms with Crippen LogP contribution in [-0.2, 0) is 11.2 Å². The van der Waals surface area contributed by atoms with Gasteiger partial charge in [0.25, 0.3) is 11.8 Å². The Morgan fingerprint density at radius 2 is 1.48 bits per heavy atom. The van der Waals surface area contributed by atoms with E-state index in [1.165, 1.54) is 24.3 Å². The highest BCUT2D eigenvalue weighted by atomic mass is 19.1. The topological polar surface area (TPSA) is 66.5 Å². The first-order chi connectivity index (χ1) is 15.9. The van der Waals surface area contributed by atoms with Gasteiger partial charge >= 0.3 is 0 Å². The first kappa shape index (κ1) is 22.3. The Morgan fingerprint density at radius 1 is 0.848 bits per heavy atom. The van der Waals surface area contributed by atoms with Crippen LogP contribution in [0, 0.1) is 11.6 Å². The Balaban J connectivity index is 1.39. The molecule has 3 amide bonds. The van der Waals surface area contributed by atoms with Crippen LogP contribution in [0.1, 0.15) is 50.7 Å². The SMILES string of the molecule is O=C(CCCN1C(=O)c2ccccc2C1=O)NC(Cc1cccc(F)c1)c1cccc(F)c1. The number of carbonyl (C=O) groups is 3. The van der Waals surface area contributed by atoms with Gasteiger partial charge in [-0.15, -0.1) is 0 Å². The molecule has 3 aromatic carbocycles. The van der Waals surface area contributed by atoms with Crippen LogP contribution in [0.3, 0.4) is 0 Å². The first-order valence-corrected chi connectivity index (χ1v) is 10.7. The molecule has 0 radical (unpaired) electrons. The van der Waals surface area contributed by atoms with Gasteiger partial charge in [0.2, 0.25) is 5.91 Å². The second kappa shape index (κ2) is 9.73. The van der Waals surface area contributed by atoms with Gasteiger partial charge in [0.1, 0.15) is 11.6 Å². The van der Waals surface area contributed by atoms with Crippen molar-refractivity contribution < 1.29 is 23.2 Å². The summed E-state index contributed by atoms with van der Waals surface area (Å²) >= 11 is 0. The third-order valence-electron chi connectivity index (χ3n) is 5.58. The molecule has 168 valence electrons. The Morgan fingerprint density at radius 3 is 2.12 bits per heavy atom. The Hall–Kier alpha value is -3.87. The van der Waals surface area contributed by atoms with Crippen molar-refractivity contribution in [3.8, 4) is 0 Å². The van der Waals surface area contributed by atoms with E-state index in [1.54, 1.807) is 48.5 Å². The fraction of sp³-hybridized carbons (Fsp3) is 0.192. The molecule has 0 saturated heterocycles. The van der Waals surface area contributed by atoms with Crippen LogP contribution in [0.4, 0.5) is 8.78 Å². The number of carbonyl (C=O) groups excluding carboxylic acids is 3. The number of nitrogens with one attached hydrogen (secondary N) is 1. The minimum atomic E-state index is -0.561. The molecule has 1 heterocycles. The molecule has 0 saturated carbocycles. The smallest absolute Gasteiger partial charge is 0.261 e. The molecule has 1 N–H and O–H groups in total. The van der Waals surface area contributed by atoms with E-state index in [9.17, 15) is 23.2 Å². The maximum absolute atomic E-state index is 13.8. The second-order valence-electron chi connectivity index (χ2n) is 7.92. The largest absolute Gasteiger partial charge is 0.349 e. The lowest BCUT2D eigenvalue weighted by Gasteiger charge is -2.20. The molecule has 0 aliphatic carbocycles. The summed E-state index contributed by atoms with van der Waals surface area (Å²) in [4.78, 5) is 38.7. The van der Waals surface area contributed by atoms with Gasteiger partial charge in [0.05, 0.1) is 17.2 Å². The van der Waals surface area contributed by atoms with Crippen molar-refractivity contribution in [3.63, 3.8) is 0 Å². The molecule has 1 aliphatic heterocycles. The maximum atomic E-state index is 13.8. The number of imide groups is 1. The quantitative estimate of drug-likeness (QED) is 0.518. The van der Waals surface area contributed by atoms with Crippen molar-refractivity contribution in [2.45, 2.75) is 25.3 Å². The normalized spacial score (nSPS) is 13.7. The predicted molar refractivity (Wildman–Crippen MR) is 118 cm³/mol. The highest BCUT2D eigenvalue weighted by Crippen LogP contribution is 2.23. The molecule has 5 nitrogen and oxygen atoms in total. The highest BCUT2D eigenvalue weighted by molar-refractivity contribution is 6.21. The summed E-state index contributed by atoms with van der Waals surface area (Å²) in [5.74, 6) is -1.86. The van der Waals surface area contributed by atoms with E-state index in [-0.39, 0.29) is 43.5 Å². The minimum absolute atomic E-state index is 0.0718. The molecular weight excluding hydrogens is 426 g/mol. The van der Waals surface area contributed by atoms with Gasteiger partial charge in [-0.25, -0.2) is 8.78 Å². The van der Waals surface area contributed by atoms with Crippen molar-refractivity contribution in [3.05, 3.63) is 107 Å². The maximum Gasteiger partial charge on any atom is 0.261 e. The zero-order valence-electron chi connectivity index (χ0n) is 17.8. The van der Waals surface area contributed by atoms with E-state index in [4.69, 9.17) is 0 Å². The summed E-state index contributed by atoms with van der Waals surface area (Å²) in [7, 11) is 0.